The summed E-state index contributed by atoms with van der Waals surface area (Å²) in [7, 11) is 0. The Morgan fingerprint density at radius 2 is 2.27 bits per heavy atom. The van der Waals surface area contributed by atoms with Crippen molar-refractivity contribution in [3.05, 3.63) is 34.9 Å². The molecule has 0 aliphatic heterocycles. The second-order valence-electron chi connectivity index (χ2n) is 3.14. The number of nitrogens with zero attached hydrogens (tertiary/aromatic N) is 1. The molecule has 15 heavy (non-hydrogen) atoms. The number of H-pyrrole nitrogens is 1. The first-order valence-electron chi connectivity index (χ1n) is 4.42. The molecular weight excluding hydrogens is 194 g/mol. The van der Waals surface area contributed by atoms with Crippen LogP contribution in [-0.4, -0.2) is 15.9 Å². The highest BCUT2D eigenvalue weighted by Crippen LogP contribution is 2.13. The monoisotopic (exact) mass is 203 g/mol. The van der Waals surface area contributed by atoms with Crippen molar-refractivity contribution < 1.29 is 4.79 Å². The molecule has 0 radical (unpaired) electrons. The summed E-state index contributed by atoms with van der Waals surface area (Å²) in [5, 5.41) is 3.07. The zero-order valence-corrected chi connectivity index (χ0v) is 8.07. The predicted molar refractivity (Wildman–Crippen MR) is 56.7 cm³/mol. The first-order valence-corrected chi connectivity index (χ1v) is 4.42. The number of nitrogens with one attached hydrogen (secondary N) is 2. The normalized spacial score (nSPS) is 10.2. The van der Waals surface area contributed by atoms with Crippen molar-refractivity contribution in [1.82, 2.24) is 9.97 Å². The minimum atomic E-state index is -0.216. The number of amides is 1. The quantitative estimate of drug-likeness (QED) is 0.722. The Hall–Kier alpha value is -2.17. The van der Waals surface area contributed by atoms with Crippen molar-refractivity contribution in [2.45, 2.75) is 6.92 Å². The van der Waals surface area contributed by atoms with Crippen LogP contribution in [0.5, 0.6) is 0 Å². The van der Waals surface area contributed by atoms with Crippen LogP contribution in [0, 0.1) is 0 Å². The first kappa shape index (κ1) is 9.39. The molecule has 5 nitrogen and oxygen atoms in total. The highest BCUT2D eigenvalue weighted by molar-refractivity contribution is 5.91. The summed E-state index contributed by atoms with van der Waals surface area (Å²) in [5.41, 5.74) is 0.980. The van der Waals surface area contributed by atoms with E-state index < -0.39 is 0 Å². The topological polar surface area (TPSA) is 74.8 Å². The molecule has 0 aliphatic rings. The largest absolute Gasteiger partial charge is 0.326 e. The second kappa shape index (κ2) is 3.53. The molecule has 76 valence electrons. The zero-order valence-electron chi connectivity index (χ0n) is 8.07. The van der Waals surface area contributed by atoms with E-state index in [9.17, 15) is 9.59 Å². The number of carbonyl (C=O) groups excluding carboxylic acids is 1. The number of hydrogen-bond acceptors (Lipinski definition) is 3. The third-order valence-corrected chi connectivity index (χ3v) is 1.96. The van der Waals surface area contributed by atoms with Gasteiger partial charge in [0.05, 0.1) is 17.2 Å². The third kappa shape index (κ3) is 1.85. The van der Waals surface area contributed by atoms with E-state index in [2.05, 4.69) is 15.3 Å². The maximum absolute atomic E-state index is 11.4. The van der Waals surface area contributed by atoms with Crippen LogP contribution < -0.4 is 10.9 Å². The molecule has 0 bridgehead atoms. The van der Waals surface area contributed by atoms with Crippen LogP contribution in [0.1, 0.15) is 6.92 Å². The van der Waals surface area contributed by atoms with Gasteiger partial charge < -0.3 is 10.3 Å². The van der Waals surface area contributed by atoms with E-state index in [0.717, 1.165) is 0 Å². The number of fused-ring (bicyclic) bond motifs is 1. The average Bonchev–Trinajstić information content (AvgIpc) is 2.18. The van der Waals surface area contributed by atoms with Crippen molar-refractivity contribution in [3.8, 4) is 0 Å². The lowest BCUT2D eigenvalue weighted by atomic mass is 10.2. The Kier molecular flexibility index (Phi) is 2.21. The van der Waals surface area contributed by atoms with Crippen molar-refractivity contribution in [3.63, 3.8) is 0 Å². The van der Waals surface area contributed by atoms with Crippen LogP contribution in [0.2, 0.25) is 0 Å². The molecule has 1 aromatic carbocycles. The molecule has 0 aliphatic carbocycles. The van der Waals surface area contributed by atoms with Crippen molar-refractivity contribution >= 4 is 22.5 Å². The van der Waals surface area contributed by atoms with Crippen LogP contribution in [0.25, 0.3) is 10.9 Å². The number of hydrogen-bond donors (Lipinski definition) is 2. The Morgan fingerprint density at radius 1 is 1.47 bits per heavy atom. The van der Waals surface area contributed by atoms with E-state index in [1.165, 1.54) is 13.3 Å². The van der Waals surface area contributed by atoms with Gasteiger partial charge in [0.25, 0.3) is 5.56 Å². The molecule has 0 saturated heterocycles. The smallest absolute Gasteiger partial charge is 0.258 e. The Labute approximate surface area is 85.2 Å². The standard InChI is InChI=1S/C10H9N3O2/c1-6(14)13-7-2-3-9-8(4-7)10(15)12-5-11-9/h2-5H,1H3,(H,13,14)(H,11,12,15). The Balaban J connectivity index is 2.59. The summed E-state index contributed by atoms with van der Waals surface area (Å²) in [4.78, 5) is 28.7. The fourth-order valence-corrected chi connectivity index (χ4v) is 1.35. The zero-order chi connectivity index (χ0) is 10.8. The van der Waals surface area contributed by atoms with Gasteiger partial charge >= 0.3 is 0 Å². The number of rotatable bonds is 1. The van der Waals surface area contributed by atoms with Gasteiger partial charge in [0.15, 0.2) is 0 Å². The van der Waals surface area contributed by atoms with E-state index in [0.29, 0.717) is 16.6 Å². The Bertz CT molecular complexity index is 574. The lowest BCUT2D eigenvalue weighted by Gasteiger charge is -2.02. The molecule has 2 N–H and O–H groups in total. The number of anilines is 1. The average molecular weight is 203 g/mol. The van der Waals surface area contributed by atoms with Crippen LogP contribution in [0.3, 0.4) is 0 Å². The van der Waals surface area contributed by atoms with Gasteiger partial charge in [-0.15, -0.1) is 0 Å². The van der Waals surface area contributed by atoms with Crippen molar-refractivity contribution in [1.29, 1.82) is 0 Å². The summed E-state index contributed by atoms with van der Waals surface area (Å²) in [5.74, 6) is -0.172. The molecule has 2 rings (SSSR count). The summed E-state index contributed by atoms with van der Waals surface area (Å²) in [6, 6.07) is 4.99. The molecule has 0 saturated carbocycles. The molecule has 0 spiro atoms. The van der Waals surface area contributed by atoms with Gasteiger partial charge in [-0.2, -0.15) is 0 Å². The minimum Gasteiger partial charge on any atom is -0.326 e. The highest BCUT2D eigenvalue weighted by atomic mass is 16.1. The van der Waals surface area contributed by atoms with Gasteiger partial charge in [-0.25, -0.2) is 4.98 Å². The van der Waals surface area contributed by atoms with Gasteiger partial charge in [-0.3, -0.25) is 9.59 Å². The number of aromatic amines is 1. The van der Waals surface area contributed by atoms with Crippen LogP contribution in [0.15, 0.2) is 29.3 Å². The van der Waals surface area contributed by atoms with E-state index in [1.54, 1.807) is 18.2 Å². The lowest BCUT2D eigenvalue weighted by Crippen LogP contribution is -2.09. The summed E-state index contributed by atoms with van der Waals surface area (Å²) in [6.07, 6.45) is 1.35. The molecule has 2 aromatic rings. The SMILES string of the molecule is CC(=O)Nc1ccc2nc[nH]c(=O)c2c1. The van der Waals surface area contributed by atoms with Gasteiger partial charge in [-0.1, -0.05) is 0 Å². The Morgan fingerprint density at radius 3 is 3.00 bits per heavy atom. The predicted octanol–water partition coefficient (Wildman–Crippen LogP) is 0.881. The van der Waals surface area contributed by atoms with Crippen LogP contribution >= 0.6 is 0 Å². The molecule has 0 unspecified atom stereocenters. The second-order valence-corrected chi connectivity index (χ2v) is 3.14. The minimum absolute atomic E-state index is 0.172. The van der Waals surface area contributed by atoms with E-state index in [1.807, 2.05) is 0 Å². The lowest BCUT2D eigenvalue weighted by molar-refractivity contribution is -0.114. The molecule has 5 heteroatoms. The highest BCUT2D eigenvalue weighted by Gasteiger charge is 2.01. The van der Waals surface area contributed by atoms with E-state index in [4.69, 9.17) is 0 Å². The summed E-state index contributed by atoms with van der Waals surface area (Å²) in [6.45, 7) is 1.41. The first-order chi connectivity index (χ1) is 7.16. The van der Waals surface area contributed by atoms with Crippen LogP contribution in [-0.2, 0) is 4.79 Å². The molecule has 0 fully saturated rings. The molecular formula is C10H9N3O2. The van der Waals surface area contributed by atoms with Crippen LogP contribution in [0.4, 0.5) is 5.69 Å². The fourth-order valence-electron chi connectivity index (χ4n) is 1.35. The van der Waals surface area contributed by atoms with Crippen molar-refractivity contribution in [2.24, 2.45) is 0 Å². The van der Waals surface area contributed by atoms with Crippen molar-refractivity contribution in [2.75, 3.05) is 5.32 Å². The summed E-state index contributed by atoms with van der Waals surface area (Å²) >= 11 is 0. The van der Waals surface area contributed by atoms with Gasteiger partial charge in [0.2, 0.25) is 5.91 Å². The fraction of sp³-hybridized carbons (Fsp3) is 0.100. The third-order valence-electron chi connectivity index (χ3n) is 1.96. The van der Waals surface area contributed by atoms with E-state index in [-0.39, 0.29) is 11.5 Å². The number of carbonyl (C=O) groups is 1. The van der Waals surface area contributed by atoms with Gasteiger partial charge in [-0.05, 0) is 18.2 Å². The molecule has 0 atom stereocenters. The molecule has 1 heterocycles. The van der Waals surface area contributed by atoms with Gasteiger partial charge in [0, 0.05) is 12.6 Å². The summed E-state index contributed by atoms with van der Waals surface area (Å²) < 4.78 is 0. The maximum Gasteiger partial charge on any atom is 0.258 e. The maximum atomic E-state index is 11.4. The van der Waals surface area contributed by atoms with Gasteiger partial charge in [0.1, 0.15) is 0 Å². The van der Waals surface area contributed by atoms with E-state index >= 15 is 0 Å². The number of benzene rings is 1. The number of aromatic nitrogens is 2. The molecule has 1 aromatic heterocycles. The molecule has 1 amide bonds.